The number of hydrogen-bond acceptors (Lipinski definition) is 6. The number of methoxy groups -OCH3 is 1. The summed E-state index contributed by atoms with van der Waals surface area (Å²) in [5.41, 5.74) is -1.21. The average molecular weight is 471 g/mol. The normalized spacial score (nSPS) is 15.3. The molecule has 1 N–H and O–H groups in total. The largest absolute Gasteiger partial charge is 0.755 e. The highest BCUT2D eigenvalue weighted by Gasteiger charge is 2.37. The van der Waals surface area contributed by atoms with E-state index < -0.39 is 40.4 Å². The molecule has 3 rings (SSSR count). The summed E-state index contributed by atoms with van der Waals surface area (Å²) < 4.78 is 68.5. The number of nitrogens with one attached hydrogen (secondary N) is 1. The Bertz CT molecular complexity index is 1040. The number of carbonyl (C=O) groups is 2. The third kappa shape index (κ3) is 5.16. The van der Waals surface area contributed by atoms with Crippen LogP contribution in [0.4, 0.5) is 18.9 Å². The topological polar surface area (TPSA) is 115 Å². The molecule has 0 saturated carbocycles. The molecule has 1 aliphatic rings. The molecule has 0 radical (unpaired) electrons. The maximum absolute atomic E-state index is 13.2. The number of anilines is 1. The van der Waals surface area contributed by atoms with Crippen LogP contribution in [-0.4, -0.2) is 68.6 Å². The fourth-order valence-corrected chi connectivity index (χ4v) is 3.61. The van der Waals surface area contributed by atoms with Crippen molar-refractivity contribution in [1.29, 1.82) is 0 Å². The van der Waals surface area contributed by atoms with Gasteiger partial charge in [0.1, 0.15) is 5.75 Å². The molecule has 2 amide bonds. The Labute approximate surface area is 183 Å². The molecule has 1 fully saturated rings. The average Bonchev–Trinajstić information content (AvgIpc) is 2.77. The Kier molecular flexibility index (Phi) is 6.99. The molecular formula is C19H18F3N4O5S-. The summed E-state index contributed by atoms with van der Waals surface area (Å²) in [6.45, 7) is 0.265. The number of halogens is 3. The van der Waals surface area contributed by atoms with Gasteiger partial charge in [-0.3, -0.25) is 18.8 Å². The van der Waals surface area contributed by atoms with Crippen molar-refractivity contribution in [3.05, 3.63) is 53.3 Å². The van der Waals surface area contributed by atoms with Gasteiger partial charge < -0.3 is 23.8 Å². The van der Waals surface area contributed by atoms with E-state index in [9.17, 15) is 31.5 Å². The number of carbonyl (C=O) groups excluding carboxylic acids is 2. The molecule has 172 valence electrons. The van der Waals surface area contributed by atoms with Crippen molar-refractivity contribution in [3.8, 4) is 5.75 Å². The predicted octanol–water partition coefficient (Wildman–Crippen LogP) is 1.91. The monoisotopic (exact) mass is 471 g/mol. The van der Waals surface area contributed by atoms with Gasteiger partial charge in [-0.15, -0.1) is 0 Å². The summed E-state index contributed by atoms with van der Waals surface area (Å²) in [7, 11) is 1.33. The molecule has 2 aromatic rings. The van der Waals surface area contributed by atoms with Crippen LogP contribution in [0.1, 0.15) is 26.3 Å². The number of aromatic nitrogens is 1. The number of hydrogen-bond donors (Lipinski definition) is 1. The highest BCUT2D eigenvalue weighted by molar-refractivity contribution is 7.80. The van der Waals surface area contributed by atoms with Crippen molar-refractivity contribution >= 4 is 28.8 Å². The molecule has 1 saturated heterocycles. The first-order valence-electron chi connectivity index (χ1n) is 9.25. The molecule has 1 aromatic carbocycles. The van der Waals surface area contributed by atoms with Gasteiger partial charge in [0.05, 0.1) is 23.8 Å². The summed E-state index contributed by atoms with van der Waals surface area (Å²) in [6.07, 6.45) is -2.83. The summed E-state index contributed by atoms with van der Waals surface area (Å²) >= 11 is -2.54. The first-order valence-corrected chi connectivity index (χ1v) is 10.3. The third-order valence-corrected chi connectivity index (χ3v) is 5.25. The molecule has 1 aromatic heterocycles. The highest BCUT2D eigenvalue weighted by Crippen LogP contribution is 2.32. The SMILES string of the molecule is COc1cc(NS(=O)[O-])ccc1C(=O)N1CCN(C(=O)c2cnccc2C(F)(F)F)CC1. The molecule has 0 bridgehead atoms. The van der Waals surface area contributed by atoms with Crippen LogP contribution in [0.5, 0.6) is 5.75 Å². The smallest absolute Gasteiger partial charge is 0.417 e. The lowest BCUT2D eigenvalue weighted by atomic mass is 10.1. The Morgan fingerprint density at radius 3 is 2.22 bits per heavy atom. The number of pyridine rings is 1. The van der Waals surface area contributed by atoms with E-state index in [1.807, 2.05) is 0 Å². The van der Waals surface area contributed by atoms with E-state index in [0.29, 0.717) is 0 Å². The first kappa shape index (κ1) is 23.5. The second-order valence-corrected chi connectivity index (χ2v) is 7.43. The van der Waals surface area contributed by atoms with Gasteiger partial charge in [0.15, 0.2) is 0 Å². The second kappa shape index (κ2) is 9.53. The number of alkyl halides is 3. The van der Waals surface area contributed by atoms with Crippen molar-refractivity contribution in [2.75, 3.05) is 38.0 Å². The van der Waals surface area contributed by atoms with E-state index in [1.165, 1.54) is 35.1 Å². The Morgan fingerprint density at radius 2 is 1.69 bits per heavy atom. The van der Waals surface area contributed by atoms with Crippen LogP contribution >= 0.6 is 0 Å². The van der Waals surface area contributed by atoms with Crippen molar-refractivity contribution in [3.63, 3.8) is 0 Å². The summed E-state index contributed by atoms with van der Waals surface area (Å²) in [5.74, 6) is -1.08. The number of amides is 2. The minimum absolute atomic E-state index is 0.0356. The zero-order chi connectivity index (χ0) is 23.5. The van der Waals surface area contributed by atoms with Crippen LogP contribution in [-0.2, 0) is 17.4 Å². The quantitative estimate of drug-likeness (QED) is 0.667. The Hall–Kier alpha value is -3.19. The highest BCUT2D eigenvalue weighted by atomic mass is 32.2. The molecule has 2 heterocycles. The minimum atomic E-state index is -4.69. The number of benzene rings is 1. The standard InChI is InChI=1S/C19H19F3N4O5S/c1-31-16-10-12(24-32(29)30)2-3-13(16)17(27)25-6-8-26(9-7-25)18(28)14-11-23-5-4-15(14)19(20,21)22/h2-5,10-11,24H,6-9H2,1H3,(H,29,30)/p-1. The lowest BCUT2D eigenvalue weighted by molar-refractivity contribution is -0.138. The van der Waals surface area contributed by atoms with Crippen LogP contribution in [0, 0.1) is 0 Å². The van der Waals surface area contributed by atoms with E-state index >= 15 is 0 Å². The van der Waals surface area contributed by atoms with Crippen molar-refractivity contribution in [1.82, 2.24) is 14.8 Å². The van der Waals surface area contributed by atoms with E-state index in [0.717, 1.165) is 18.5 Å². The summed E-state index contributed by atoms with van der Waals surface area (Å²) in [4.78, 5) is 31.8. The molecular weight excluding hydrogens is 453 g/mol. The van der Waals surface area contributed by atoms with Crippen LogP contribution in [0.3, 0.4) is 0 Å². The lowest BCUT2D eigenvalue weighted by Gasteiger charge is -2.35. The van der Waals surface area contributed by atoms with Gasteiger partial charge in [0, 0.05) is 61.6 Å². The van der Waals surface area contributed by atoms with Gasteiger partial charge in [-0.25, -0.2) is 0 Å². The molecule has 13 heteroatoms. The minimum Gasteiger partial charge on any atom is -0.755 e. The Balaban J connectivity index is 1.71. The number of nitrogens with zero attached hydrogens (tertiary/aromatic N) is 3. The first-order chi connectivity index (χ1) is 15.1. The van der Waals surface area contributed by atoms with Crippen LogP contribution in [0.25, 0.3) is 0 Å². The third-order valence-electron chi connectivity index (χ3n) is 4.84. The molecule has 9 nitrogen and oxygen atoms in total. The Morgan fingerprint density at radius 1 is 1.09 bits per heavy atom. The summed E-state index contributed by atoms with van der Waals surface area (Å²) in [5, 5.41) is 0. The van der Waals surface area contributed by atoms with E-state index in [2.05, 4.69) is 9.71 Å². The van der Waals surface area contributed by atoms with Gasteiger partial charge in [-0.05, 0) is 18.2 Å². The fourth-order valence-electron chi connectivity index (χ4n) is 3.29. The molecule has 32 heavy (non-hydrogen) atoms. The van der Waals surface area contributed by atoms with Crippen LogP contribution in [0.15, 0.2) is 36.7 Å². The van der Waals surface area contributed by atoms with Gasteiger partial charge in [-0.1, -0.05) is 0 Å². The molecule has 1 atom stereocenters. The zero-order valence-electron chi connectivity index (χ0n) is 16.7. The number of ether oxygens (including phenoxy) is 1. The zero-order valence-corrected chi connectivity index (χ0v) is 17.5. The van der Waals surface area contributed by atoms with Crippen LogP contribution < -0.4 is 9.46 Å². The second-order valence-electron chi connectivity index (χ2n) is 6.76. The number of rotatable bonds is 5. The van der Waals surface area contributed by atoms with Gasteiger partial charge in [0.25, 0.3) is 11.8 Å². The molecule has 1 unspecified atom stereocenters. The van der Waals surface area contributed by atoms with E-state index in [4.69, 9.17) is 4.74 Å². The van der Waals surface area contributed by atoms with Crippen molar-refractivity contribution in [2.45, 2.75) is 6.18 Å². The molecule has 0 spiro atoms. The van der Waals surface area contributed by atoms with Gasteiger partial charge >= 0.3 is 6.18 Å². The predicted molar refractivity (Wildman–Crippen MR) is 107 cm³/mol. The van der Waals surface area contributed by atoms with Gasteiger partial charge in [-0.2, -0.15) is 13.2 Å². The molecule has 1 aliphatic heterocycles. The lowest BCUT2D eigenvalue weighted by Crippen LogP contribution is -2.50. The van der Waals surface area contributed by atoms with E-state index in [1.54, 1.807) is 0 Å². The van der Waals surface area contributed by atoms with Crippen molar-refractivity contribution in [2.24, 2.45) is 0 Å². The fraction of sp³-hybridized carbons (Fsp3) is 0.316. The maximum atomic E-state index is 13.2. The maximum Gasteiger partial charge on any atom is 0.417 e. The number of piperazine rings is 1. The van der Waals surface area contributed by atoms with Crippen molar-refractivity contribution < 1.29 is 36.3 Å². The molecule has 0 aliphatic carbocycles. The van der Waals surface area contributed by atoms with Gasteiger partial charge in [0.2, 0.25) is 0 Å². The van der Waals surface area contributed by atoms with Crippen LogP contribution in [0.2, 0.25) is 0 Å². The van der Waals surface area contributed by atoms with E-state index in [-0.39, 0.29) is 43.2 Å². The summed E-state index contributed by atoms with van der Waals surface area (Å²) in [6, 6.07) is 4.90.